The van der Waals surface area contributed by atoms with Crippen LogP contribution < -0.4 is 25.0 Å². The number of nitrogens with zero attached hydrogens (tertiary/aromatic N) is 2. The van der Waals surface area contributed by atoms with Crippen molar-refractivity contribution >= 4 is 5.91 Å². The average molecular weight is 441 g/mol. The zero-order valence-corrected chi connectivity index (χ0v) is 18.4. The van der Waals surface area contributed by atoms with E-state index in [1.165, 1.54) is 44.2 Å². The quantitative estimate of drug-likeness (QED) is 0.606. The lowest BCUT2D eigenvalue weighted by molar-refractivity contribution is 0.0931. The minimum atomic E-state index is -0.693. The van der Waals surface area contributed by atoms with Crippen molar-refractivity contribution in [2.75, 3.05) is 21.3 Å². The summed E-state index contributed by atoms with van der Waals surface area (Å²) in [5.74, 6) is 0.0622. The molecule has 0 radical (unpaired) electrons. The van der Waals surface area contributed by atoms with Crippen molar-refractivity contribution in [1.82, 2.24) is 15.1 Å². The van der Waals surface area contributed by atoms with Crippen LogP contribution in [-0.2, 0) is 0 Å². The fourth-order valence-electron chi connectivity index (χ4n) is 3.27. The van der Waals surface area contributed by atoms with Gasteiger partial charge in [0.15, 0.2) is 17.2 Å². The molecule has 3 rings (SSSR count). The van der Waals surface area contributed by atoms with Gasteiger partial charge in [0.2, 0.25) is 11.2 Å². The second kappa shape index (κ2) is 9.51. The van der Waals surface area contributed by atoms with Crippen molar-refractivity contribution in [3.8, 4) is 22.9 Å². The Labute approximate surface area is 184 Å². The predicted molar refractivity (Wildman–Crippen MR) is 117 cm³/mol. The Bertz CT molecular complexity index is 1180. The first-order valence-corrected chi connectivity index (χ1v) is 9.77. The summed E-state index contributed by atoms with van der Waals surface area (Å²) in [6.45, 7) is 3.35. The van der Waals surface area contributed by atoms with Gasteiger partial charge in [0.05, 0.1) is 27.4 Å². The second-order valence-electron chi connectivity index (χ2n) is 7.02. The molecule has 0 aliphatic carbocycles. The molecule has 1 unspecified atom stereocenters. The van der Waals surface area contributed by atoms with Crippen LogP contribution in [0.4, 0.5) is 4.39 Å². The molecule has 1 N–H and O–H groups in total. The molecule has 3 aromatic rings. The number of ether oxygens (including phenoxy) is 3. The number of aryl methyl sites for hydroxylation is 1. The van der Waals surface area contributed by atoms with Gasteiger partial charge < -0.3 is 19.5 Å². The lowest BCUT2D eigenvalue weighted by Gasteiger charge is -2.19. The summed E-state index contributed by atoms with van der Waals surface area (Å²) in [6.07, 6.45) is 0. The Morgan fingerprint density at radius 3 is 2.25 bits per heavy atom. The fourth-order valence-corrected chi connectivity index (χ4v) is 3.27. The van der Waals surface area contributed by atoms with E-state index in [1.807, 2.05) is 0 Å². The first-order chi connectivity index (χ1) is 15.3. The monoisotopic (exact) mass is 441 g/mol. The Morgan fingerprint density at radius 2 is 1.69 bits per heavy atom. The van der Waals surface area contributed by atoms with E-state index in [4.69, 9.17) is 14.2 Å². The number of amides is 1. The van der Waals surface area contributed by atoms with E-state index in [-0.39, 0.29) is 11.4 Å². The SMILES string of the molecule is COc1cc(C(C)NC(=O)c2nn(-c3ccccc3F)c(C)cc2=O)cc(OC)c1OC. The zero-order valence-electron chi connectivity index (χ0n) is 18.4. The molecule has 9 heteroatoms. The van der Waals surface area contributed by atoms with Crippen LogP contribution in [0.3, 0.4) is 0 Å². The van der Waals surface area contributed by atoms with Gasteiger partial charge >= 0.3 is 0 Å². The Balaban J connectivity index is 1.95. The van der Waals surface area contributed by atoms with Crippen LogP contribution in [0.1, 0.15) is 34.7 Å². The number of carbonyl (C=O) groups is 1. The summed E-state index contributed by atoms with van der Waals surface area (Å²) < 4.78 is 31.5. The van der Waals surface area contributed by atoms with Crippen LogP contribution in [0.25, 0.3) is 5.69 Å². The predicted octanol–water partition coefficient (Wildman–Crippen LogP) is 3.20. The number of halogens is 1. The van der Waals surface area contributed by atoms with E-state index in [0.717, 1.165) is 0 Å². The zero-order chi connectivity index (χ0) is 23.4. The number of nitrogens with one attached hydrogen (secondary N) is 1. The Kier molecular flexibility index (Phi) is 6.77. The number of benzene rings is 2. The fraction of sp³-hybridized carbons (Fsp3) is 0.261. The topological polar surface area (TPSA) is 91.7 Å². The van der Waals surface area contributed by atoms with Crippen LogP contribution >= 0.6 is 0 Å². The van der Waals surface area contributed by atoms with Gasteiger partial charge in [-0.3, -0.25) is 9.59 Å². The summed E-state index contributed by atoms with van der Waals surface area (Å²) in [5, 5.41) is 6.87. The normalized spacial score (nSPS) is 11.6. The highest BCUT2D eigenvalue weighted by Gasteiger charge is 2.21. The summed E-state index contributed by atoms with van der Waals surface area (Å²) in [5.41, 5.74) is 0.281. The van der Waals surface area contributed by atoms with E-state index in [2.05, 4.69) is 10.4 Å². The van der Waals surface area contributed by atoms with E-state index in [9.17, 15) is 14.0 Å². The first kappa shape index (κ1) is 22.8. The minimum absolute atomic E-state index is 0.136. The molecule has 2 aromatic carbocycles. The smallest absolute Gasteiger partial charge is 0.276 e. The number of carbonyl (C=O) groups excluding carboxylic acids is 1. The molecule has 1 amide bonds. The highest BCUT2D eigenvalue weighted by Crippen LogP contribution is 2.39. The van der Waals surface area contributed by atoms with E-state index < -0.39 is 23.2 Å². The summed E-state index contributed by atoms with van der Waals surface area (Å²) in [6, 6.07) is 10.1. The molecule has 0 saturated heterocycles. The maximum Gasteiger partial charge on any atom is 0.276 e. The molecular formula is C23H24FN3O5. The van der Waals surface area contributed by atoms with Gasteiger partial charge in [0.25, 0.3) is 5.91 Å². The summed E-state index contributed by atoms with van der Waals surface area (Å²) >= 11 is 0. The molecule has 0 fully saturated rings. The standard InChI is InChI=1S/C23H24FN3O5/c1-13-10-18(28)21(26-27(13)17-9-7-6-8-16(17)24)23(29)25-14(2)15-11-19(30-3)22(32-5)20(12-15)31-4/h6-12,14H,1-5H3,(H,25,29). The van der Waals surface area contributed by atoms with Crippen molar-refractivity contribution in [3.05, 3.63) is 75.5 Å². The molecule has 1 heterocycles. The van der Waals surface area contributed by atoms with Crippen LogP contribution in [0, 0.1) is 12.7 Å². The highest BCUT2D eigenvalue weighted by atomic mass is 19.1. The molecule has 32 heavy (non-hydrogen) atoms. The maximum atomic E-state index is 14.3. The number of hydrogen-bond acceptors (Lipinski definition) is 6. The van der Waals surface area contributed by atoms with Gasteiger partial charge in [-0.2, -0.15) is 5.10 Å². The lowest BCUT2D eigenvalue weighted by Crippen LogP contribution is -2.33. The van der Waals surface area contributed by atoms with Crippen LogP contribution in [0.2, 0.25) is 0 Å². The van der Waals surface area contributed by atoms with Crippen LogP contribution in [-0.4, -0.2) is 37.0 Å². The van der Waals surface area contributed by atoms with Gasteiger partial charge in [-0.15, -0.1) is 0 Å². The molecule has 1 atom stereocenters. The van der Waals surface area contributed by atoms with E-state index >= 15 is 0 Å². The van der Waals surface area contributed by atoms with Crippen molar-refractivity contribution < 1.29 is 23.4 Å². The Hall–Kier alpha value is -3.88. The Morgan fingerprint density at radius 1 is 1.06 bits per heavy atom. The van der Waals surface area contributed by atoms with Crippen LogP contribution in [0.5, 0.6) is 17.2 Å². The number of hydrogen-bond donors (Lipinski definition) is 1. The molecule has 1 aromatic heterocycles. The third-order valence-electron chi connectivity index (χ3n) is 4.94. The first-order valence-electron chi connectivity index (χ1n) is 9.77. The van der Waals surface area contributed by atoms with Gasteiger partial charge in [0.1, 0.15) is 11.5 Å². The summed E-state index contributed by atoms with van der Waals surface area (Å²) in [4.78, 5) is 25.4. The van der Waals surface area contributed by atoms with Crippen molar-refractivity contribution in [3.63, 3.8) is 0 Å². The maximum absolute atomic E-state index is 14.3. The van der Waals surface area contributed by atoms with Gasteiger partial charge in [0, 0.05) is 11.8 Å². The molecule has 0 aliphatic heterocycles. The van der Waals surface area contributed by atoms with Gasteiger partial charge in [-0.25, -0.2) is 9.07 Å². The molecule has 0 saturated carbocycles. The third kappa shape index (κ3) is 4.41. The molecule has 168 valence electrons. The largest absolute Gasteiger partial charge is 0.493 e. The molecule has 8 nitrogen and oxygen atoms in total. The summed E-state index contributed by atoms with van der Waals surface area (Å²) in [7, 11) is 4.48. The average Bonchev–Trinajstić information content (AvgIpc) is 2.78. The van der Waals surface area contributed by atoms with Gasteiger partial charge in [-0.05, 0) is 43.7 Å². The second-order valence-corrected chi connectivity index (χ2v) is 7.02. The van der Waals surface area contributed by atoms with Crippen molar-refractivity contribution in [2.24, 2.45) is 0 Å². The van der Waals surface area contributed by atoms with E-state index in [1.54, 1.807) is 38.1 Å². The number of para-hydroxylation sites is 1. The van der Waals surface area contributed by atoms with Crippen molar-refractivity contribution in [1.29, 1.82) is 0 Å². The third-order valence-corrected chi connectivity index (χ3v) is 4.94. The number of methoxy groups -OCH3 is 3. The highest BCUT2D eigenvalue weighted by molar-refractivity contribution is 5.92. The van der Waals surface area contributed by atoms with Gasteiger partial charge in [-0.1, -0.05) is 12.1 Å². The molecule has 0 bridgehead atoms. The minimum Gasteiger partial charge on any atom is -0.493 e. The van der Waals surface area contributed by atoms with E-state index in [0.29, 0.717) is 28.5 Å². The lowest BCUT2D eigenvalue weighted by atomic mass is 10.1. The molecule has 0 spiro atoms. The number of aromatic nitrogens is 2. The number of rotatable bonds is 7. The van der Waals surface area contributed by atoms with Crippen LogP contribution in [0.15, 0.2) is 47.3 Å². The molecule has 0 aliphatic rings. The molecular weight excluding hydrogens is 417 g/mol. The van der Waals surface area contributed by atoms with Crippen molar-refractivity contribution in [2.45, 2.75) is 19.9 Å².